The molecular weight excluding hydrogens is 677 g/mol. The highest BCUT2D eigenvalue weighted by Crippen LogP contribution is 2.41. The van der Waals surface area contributed by atoms with Gasteiger partial charge in [-0.05, 0) is 117 Å². The topological polar surface area (TPSA) is 19.0 Å². The summed E-state index contributed by atoms with van der Waals surface area (Å²) in [6, 6.07) is 73.6. The molecule has 2 unspecified atom stereocenters. The Morgan fingerprint density at radius 3 is 1.57 bits per heavy atom. The first kappa shape index (κ1) is 33.7. The molecule has 268 valence electrons. The van der Waals surface area contributed by atoms with Crippen molar-refractivity contribution in [3.05, 3.63) is 234 Å². The van der Waals surface area contributed by atoms with E-state index in [1.807, 2.05) is 0 Å². The molecule has 0 aliphatic carbocycles. The van der Waals surface area contributed by atoms with Gasteiger partial charge in [-0.3, -0.25) is 0 Å². The Hall–Kier alpha value is -6.90. The average Bonchev–Trinajstić information content (AvgIpc) is 3.62. The molecule has 0 amide bonds. The zero-order chi connectivity index (χ0) is 37.6. The number of nitrogens with zero attached hydrogens (tertiary/aromatic N) is 1. The predicted molar refractivity (Wildman–Crippen MR) is 238 cm³/mol. The third-order valence-corrected chi connectivity index (χ3v) is 11.7. The van der Waals surface area contributed by atoms with Crippen LogP contribution in [0.2, 0.25) is 0 Å². The number of rotatable bonds is 8. The summed E-state index contributed by atoms with van der Waals surface area (Å²) in [5.74, 6) is 0.299. The van der Waals surface area contributed by atoms with E-state index in [0.717, 1.165) is 22.6 Å². The minimum atomic E-state index is 0.0364. The SMILES string of the molecule is Cc1ccc2[nH]c3ccc(C(c4ccc(N(c5ccccc5)c5ccc(C(C)c6cccc7ccccc67)cc5)cc4)c4cccc5ccccc45)cc3c2c1. The molecule has 1 heterocycles. The Kier molecular flexibility index (Phi) is 8.45. The number of nitrogens with one attached hydrogen (secondary N) is 1. The van der Waals surface area contributed by atoms with Crippen LogP contribution in [0.5, 0.6) is 0 Å². The number of aromatic nitrogens is 1. The highest BCUT2D eigenvalue weighted by Gasteiger charge is 2.22. The number of fused-ring (bicyclic) bond motifs is 5. The van der Waals surface area contributed by atoms with Crippen LogP contribution < -0.4 is 4.90 Å². The quantitative estimate of drug-likeness (QED) is 0.155. The first-order chi connectivity index (χ1) is 27.6. The molecular formula is C54H42N2. The van der Waals surface area contributed by atoms with Gasteiger partial charge < -0.3 is 9.88 Å². The number of hydrogen-bond donors (Lipinski definition) is 1. The van der Waals surface area contributed by atoms with Gasteiger partial charge in [0, 0.05) is 50.7 Å². The van der Waals surface area contributed by atoms with Gasteiger partial charge in [-0.1, -0.05) is 152 Å². The van der Waals surface area contributed by atoms with Crippen LogP contribution >= 0.6 is 0 Å². The van der Waals surface area contributed by atoms with Crippen molar-refractivity contribution in [1.29, 1.82) is 0 Å². The van der Waals surface area contributed by atoms with E-state index in [9.17, 15) is 0 Å². The standard InChI is InChI=1S/C54H42N2/c1-36-22-32-52-50(34-36)51-35-42(27-33-53(51)55-52)54(49-21-11-15-40-13-7-9-19-48(40)49)41-25-30-45(31-26-41)56(43-16-4-3-5-17-43)44-28-23-38(24-29-44)37(2)46-20-10-14-39-12-6-8-18-47(39)46/h3-35,37,54-55H,1-2H3. The van der Waals surface area contributed by atoms with E-state index in [-0.39, 0.29) is 11.8 Å². The summed E-state index contributed by atoms with van der Waals surface area (Å²) in [4.78, 5) is 6.02. The third kappa shape index (κ3) is 6.01. The lowest BCUT2D eigenvalue weighted by atomic mass is 9.82. The number of anilines is 3. The van der Waals surface area contributed by atoms with Crippen molar-refractivity contribution in [3.63, 3.8) is 0 Å². The van der Waals surface area contributed by atoms with Crippen LogP contribution in [0.1, 0.15) is 52.1 Å². The molecule has 1 aromatic heterocycles. The minimum Gasteiger partial charge on any atom is -0.355 e. The molecule has 0 aliphatic heterocycles. The third-order valence-electron chi connectivity index (χ3n) is 11.7. The van der Waals surface area contributed by atoms with Gasteiger partial charge in [0.2, 0.25) is 0 Å². The van der Waals surface area contributed by atoms with Crippen molar-refractivity contribution in [2.45, 2.75) is 25.7 Å². The van der Waals surface area contributed by atoms with Gasteiger partial charge in [-0.15, -0.1) is 0 Å². The molecule has 56 heavy (non-hydrogen) atoms. The van der Waals surface area contributed by atoms with Crippen LogP contribution in [-0.4, -0.2) is 4.98 Å². The number of aromatic amines is 1. The van der Waals surface area contributed by atoms with Crippen LogP contribution in [0.4, 0.5) is 17.1 Å². The largest absolute Gasteiger partial charge is 0.355 e. The van der Waals surface area contributed by atoms with Crippen LogP contribution in [0, 0.1) is 6.92 Å². The molecule has 0 fully saturated rings. The number of H-pyrrole nitrogens is 1. The monoisotopic (exact) mass is 718 g/mol. The number of hydrogen-bond acceptors (Lipinski definition) is 1. The fraction of sp³-hybridized carbons (Fsp3) is 0.0741. The summed E-state index contributed by atoms with van der Waals surface area (Å²) in [5.41, 5.74) is 13.5. The second-order valence-corrected chi connectivity index (χ2v) is 15.1. The summed E-state index contributed by atoms with van der Waals surface area (Å²) in [6.45, 7) is 4.48. The molecule has 10 aromatic rings. The summed E-state index contributed by atoms with van der Waals surface area (Å²) in [6.07, 6.45) is 0. The summed E-state index contributed by atoms with van der Waals surface area (Å²) in [5, 5.41) is 7.66. The van der Waals surface area contributed by atoms with Gasteiger partial charge in [-0.25, -0.2) is 0 Å². The van der Waals surface area contributed by atoms with Crippen LogP contribution in [0.15, 0.2) is 200 Å². The molecule has 0 radical (unpaired) electrons. The van der Waals surface area contributed by atoms with E-state index in [1.54, 1.807) is 0 Å². The second kappa shape index (κ2) is 14.1. The van der Waals surface area contributed by atoms with Crippen LogP contribution in [-0.2, 0) is 0 Å². The lowest BCUT2D eigenvalue weighted by molar-refractivity contribution is 0.933. The van der Waals surface area contributed by atoms with Gasteiger partial charge in [0.15, 0.2) is 0 Å². The summed E-state index contributed by atoms with van der Waals surface area (Å²) < 4.78 is 0. The Balaban J connectivity index is 1.06. The number of benzene rings is 9. The minimum absolute atomic E-state index is 0.0364. The molecule has 0 spiro atoms. The van der Waals surface area contributed by atoms with Crippen molar-refractivity contribution >= 4 is 60.4 Å². The fourth-order valence-electron chi connectivity index (χ4n) is 8.82. The van der Waals surface area contributed by atoms with Crippen molar-refractivity contribution in [2.24, 2.45) is 0 Å². The molecule has 9 aromatic carbocycles. The predicted octanol–water partition coefficient (Wildman–Crippen LogP) is 14.7. The molecule has 10 rings (SSSR count). The van der Waals surface area contributed by atoms with Gasteiger partial charge in [0.25, 0.3) is 0 Å². The zero-order valence-electron chi connectivity index (χ0n) is 31.7. The average molecular weight is 719 g/mol. The lowest BCUT2D eigenvalue weighted by Gasteiger charge is -2.27. The van der Waals surface area contributed by atoms with Gasteiger partial charge in [0.1, 0.15) is 0 Å². The molecule has 0 bridgehead atoms. The van der Waals surface area contributed by atoms with E-state index in [2.05, 4.69) is 224 Å². The Morgan fingerprint density at radius 1 is 0.393 bits per heavy atom. The van der Waals surface area contributed by atoms with Gasteiger partial charge >= 0.3 is 0 Å². The van der Waals surface area contributed by atoms with E-state index in [1.165, 1.54) is 71.2 Å². The smallest absolute Gasteiger partial charge is 0.0465 e. The Labute approximate surface area is 328 Å². The first-order valence-electron chi connectivity index (χ1n) is 19.6. The maximum atomic E-state index is 3.65. The van der Waals surface area contributed by atoms with E-state index < -0.39 is 0 Å². The van der Waals surface area contributed by atoms with Crippen molar-refractivity contribution in [3.8, 4) is 0 Å². The maximum Gasteiger partial charge on any atom is 0.0465 e. The lowest BCUT2D eigenvalue weighted by Crippen LogP contribution is -2.11. The first-order valence-corrected chi connectivity index (χ1v) is 19.6. The van der Waals surface area contributed by atoms with Crippen molar-refractivity contribution in [1.82, 2.24) is 4.98 Å². The molecule has 1 N–H and O–H groups in total. The Bertz CT molecular complexity index is 2980. The molecule has 2 atom stereocenters. The number of aryl methyl sites for hydroxylation is 1. The maximum absolute atomic E-state index is 3.65. The number of para-hydroxylation sites is 1. The highest BCUT2D eigenvalue weighted by atomic mass is 15.1. The van der Waals surface area contributed by atoms with Crippen molar-refractivity contribution < 1.29 is 0 Å². The van der Waals surface area contributed by atoms with E-state index in [4.69, 9.17) is 0 Å². The highest BCUT2D eigenvalue weighted by molar-refractivity contribution is 6.07. The van der Waals surface area contributed by atoms with Crippen molar-refractivity contribution in [2.75, 3.05) is 4.90 Å². The van der Waals surface area contributed by atoms with Gasteiger partial charge in [-0.2, -0.15) is 0 Å². The molecule has 2 heteroatoms. The molecule has 0 aliphatic rings. The summed E-state index contributed by atoms with van der Waals surface area (Å²) in [7, 11) is 0. The van der Waals surface area contributed by atoms with E-state index >= 15 is 0 Å². The van der Waals surface area contributed by atoms with Crippen LogP contribution in [0.25, 0.3) is 43.4 Å². The summed E-state index contributed by atoms with van der Waals surface area (Å²) >= 11 is 0. The van der Waals surface area contributed by atoms with Crippen LogP contribution in [0.3, 0.4) is 0 Å². The second-order valence-electron chi connectivity index (χ2n) is 15.1. The molecule has 0 saturated carbocycles. The van der Waals surface area contributed by atoms with Gasteiger partial charge in [0.05, 0.1) is 0 Å². The molecule has 2 nitrogen and oxygen atoms in total. The molecule has 0 saturated heterocycles. The zero-order valence-corrected chi connectivity index (χ0v) is 31.7. The van der Waals surface area contributed by atoms with E-state index in [0.29, 0.717) is 0 Å². The fourth-order valence-corrected chi connectivity index (χ4v) is 8.82. The Morgan fingerprint density at radius 2 is 0.893 bits per heavy atom. The normalized spacial score (nSPS) is 12.7.